The van der Waals surface area contributed by atoms with E-state index >= 15 is 0 Å². The van der Waals surface area contributed by atoms with Crippen LogP contribution in [0.5, 0.6) is 0 Å². The van der Waals surface area contributed by atoms with E-state index in [0.717, 1.165) is 29.4 Å². The lowest BCUT2D eigenvalue weighted by Gasteiger charge is -2.12. The van der Waals surface area contributed by atoms with Crippen molar-refractivity contribution >= 4 is 22.4 Å². The van der Waals surface area contributed by atoms with Crippen LogP contribution in [0.1, 0.15) is 37.0 Å². The molecular formula is C17H21NO2. The number of fused-ring (bicyclic) bond motifs is 1. The highest BCUT2D eigenvalue weighted by atomic mass is 16.4. The van der Waals surface area contributed by atoms with E-state index in [2.05, 4.69) is 19.2 Å². The molecule has 0 saturated carbocycles. The highest BCUT2D eigenvalue weighted by Crippen LogP contribution is 2.26. The fourth-order valence-electron chi connectivity index (χ4n) is 2.37. The number of aromatic carboxylic acids is 1. The van der Waals surface area contributed by atoms with Crippen LogP contribution in [-0.4, -0.2) is 17.6 Å². The molecule has 0 bridgehead atoms. The number of nitrogens with one attached hydrogen (secondary N) is 1. The number of rotatable bonds is 6. The molecule has 0 aromatic heterocycles. The minimum atomic E-state index is -0.882. The van der Waals surface area contributed by atoms with Crippen molar-refractivity contribution in [2.75, 3.05) is 11.9 Å². The molecule has 0 aliphatic rings. The van der Waals surface area contributed by atoms with Gasteiger partial charge in [0, 0.05) is 17.6 Å². The molecule has 20 heavy (non-hydrogen) atoms. The van der Waals surface area contributed by atoms with Crippen LogP contribution >= 0.6 is 0 Å². The van der Waals surface area contributed by atoms with E-state index in [1.165, 1.54) is 6.42 Å². The van der Waals surface area contributed by atoms with Crippen molar-refractivity contribution in [3.8, 4) is 0 Å². The van der Waals surface area contributed by atoms with Crippen molar-refractivity contribution in [3.63, 3.8) is 0 Å². The van der Waals surface area contributed by atoms with Crippen molar-refractivity contribution < 1.29 is 9.90 Å². The van der Waals surface area contributed by atoms with Gasteiger partial charge in [-0.15, -0.1) is 0 Å². The van der Waals surface area contributed by atoms with Gasteiger partial charge in [-0.05, 0) is 36.3 Å². The van der Waals surface area contributed by atoms with E-state index in [-0.39, 0.29) is 0 Å². The summed E-state index contributed by atoms with van der Waals surface area (Å²) in [4.78, 5) is 11.2. The fraction of sp³-hybridized carbons (Fsp3) is 0.353. The second-order valence-corrected chi connectivity index (χ2v) is 5.47. The summed E-state index contributed by atoms with van der Waals surface area (Å²) < 4.78 is 0. The van der Waals surface area contributed by atoms with Crippen LogP contribution in [0.2, 0.25) is 0 Å². The first kappa shape index (κ1) is 14.4. The molecule has 0 atom stereocenters. The van der Waals surface area contributed by atoms with Crippen LogP contribution in [0.4, 0.5) is 5.69 Å². The summed E-state index contributed by atoms with van der Waals surface area (Å²) in [7, 11) is 0. The van der Waals surface area contributed by atoms with Gasteiger partial charge < -0.3 is 10.4 Å². The smallest absolute Gasteiger partial charge is 0.336 e. The average molecular weight is 271 g/mol. The molecule has 3 heteroatoms. The van der Waals surface area contributed by atoms with E-state index in [1.807, 2.05) is 30.3 Å². The predicted molar refractivity (Wildman–Crippen MR) is 83.5 cm³/mol. The van der Waals surface area contributed by atoms with Crippen molar-refractivity contribution in [1.82, 2.24) is 0 Å². The molecule has 3 nitrogen and oxygen atoms in total. The molecule has 2 N–H and O–H groups in total. The first-order valence-corrected chi connectivity index (χ1v) is 7.08. The first-order valence-electron chi connectivity index (χ1n) is 7.08. The lowest BCUT2D eigenvalue weighted by Crippen LogP contribution is -2.05. The Morgan fingerprint density at radius 2 is 1.85 bits per heavy atom. The van der Waals surface area contributed by atoms with Gasteiger partial charge in [-0.2, -0.15) is 0 Å². The summed E-state index contributed by atoms with van der Waals surface area (Å²) in [6, 6.07) is 11.2. The number of benzene rings is 2. The van der Waals surface area contributed by atoms with Crippen LogP contribution in [0.3, 0.4) is 0 Å². The molecule has 0 unspecified atom stereocenters. The third kappa shape index (κ3) is 3.29. The van der Waals surface area contributed by atoms with E-state index < -0.39 is 5.97 Å². The second kappa shape index (κ2) is 6.42. The number of carbonyl (C=O) groups is 1. The highest BCUT2D eigenvalue weighted by Gasteiger charge is 2.10. The standard InChI is InChI=1S/C17H21NO2/c1-12(2)6-5-11-18-16-10-9-15(17(19)20)13-7-3-4-8-14(13)16/h3-4,7-10,12,18H,5-6,11H2,1-2H3,(H,19,20). The van der Waals surface area contributed by atoms with Crippen molar-refractivity contribution in [1.29, 1.82) is 0 Å². The Morgan fingerprint density at radius 3 is 2.50 bits per heavy atom. The summed E-state index contributed by atoms with van der Waals surface area (Å²) in [6.45, 7) is 5.35. The normalized spacial score (nSPS) is 10.9. The molecule has 106 valence electrons. The van der Waals surface area contributed by atoms with Crippen LogP contribution < -0.4 is 5.32 Å². The van der Waals surface area contributed by atoms with Gasteiger partial charge in [0.2, 0.25) is 0 Å². The fourth-order valence-corrected chi connectivity index (χ4v) is 2.37. The quantitative estimate of drug-likeness (QED) is 0.766. The van der Waals surface area contributed by atoms with Gasteiger partial charge in [-0.1, -0.05) is 38.1 Å². The Kier molecular flexibility index (Phi) is 4.61. The molecule has 0 spiro atoms. The minimum Gasteiger partial charge on any atom is -0.478 e. The zero-order valence-electron chi connectivity index (χ0n) is 12.0. The second-order valence-electron chi connectivity index (χ2n) is 5.47. The van der Waals surface area contributed by atoms with Gasteiger partial charge in [0.25, 0.3) is 0 Å². The van der Waals surface area contributed by atoms with Gasteiger partial charge >= 0.3 is 5.97 Å². The number of carboxylic acid groups (broad SMARTS) is 1. The molecule has 2 aromatic carbocycles. The largest absolute Gasteiger partial charge is 0.478 e. The Balaban J connectivity index is 2.22. The first-order chi connectivity index (χ1) is 9.59. The Labute approximate surface area is 119 Å². The van der Waals surface area contributed by atoms with Gasteiger partial charge in [0.15, 0.2) is 0 Å². The molecular weight excluding hydrogens is 250 g/mol. The molecule has 0 amide bonds. The summed E-state index contributed by atoms with van der Waals surface area (Å²) in [6.07, 6.45) is 2.31. The topological polar surface area (TPSA) is 49.3 Å². The van der Waals surface area contributed by atoms with E-state index in [4.69, 9.17) is 0 Å². The number of anilines is 1. The van der Waals surface area contributed by atoms with Gasteiger partial charge in [0.05, 0.1) is 5.56 Å². The van der Waals surface area contributed by atoms with Crippen molar-refractivity contribution in [2.24, 2.45) is 5.92 Å². The Hall–Kier alpha value is -2.03. The van der Waals surface area contributed by atoms with E-state index in [0.29, 0.717) is 11.5 Å². The summed E-state index contributed by atoms with van der Waals surface area (Å²) in [5, 5.41) is 14.4. The monoisotopic (exact) mass is 271 g/mol. The van der Waals surface area contributed by atoms with Gasteiger partial charge in [-0.3, -0.25) is 0 Å². The molecule has 0 aliphatic heterocycles. The molecule has 2 aromatic rings. The van der Waals surface area contributed by atoms with Crippen LogP contribution in [0, 0.1) is 5.92 Å². The van der Waals surface area contributed by atoms with Crippen LogP contribution in [-0.2, 0) is 0 Å². The Bertz CT molecular complexity index is 605. The zero-order chi connectivity index (χ0) is 14.5. The molecule has 0 saturated heterocycles. The average Bonchev–Trinajstić information content (AvgIpc) is 2.43. The third-order valence-electron chi connectivity index (χ3n) is 3.43. The number of hydrogen-bond acceptors (Lipinski definition) is 2. The SMILES string of the molecule is CC(C)CCCNc1ccc(C(=O)O)c2ccccc12. The number of hydrogen-bond donors (Lipinski definition) is 2. The predicted octanol–water partition coefficient (Wildman–Crippen LogP) is 4.39. The molecule has 0 radical (unpaired) electrons. The van der Waals surface area contributed by atoms with Gasteiger partial charge in [-0.25, -0.2) is 4.79 Å². The summed E-state index contributed by atoms with van der Waals surface area (Å²) in [5.41, 5.74) is 1.36. The van der Waals surface area contributed by atoms with Crippen LogP contribution in [0.25, 0.3) is 10.8 Å². The maximum absolute atomic E-state index is 11.2. The van der Waals surface area contributed by atoms with E-state index in [1.54, 1.807) is 6.07 Å². The minimum absolute atomic E-state index is 0.355. The lowest BCUT2D eigenvalue weighted by molar-refractivity contribution is 0.0699. The van der Waals surface area contributed by atoms with E-state index in [9.17, 15) is 9.90 Å². The zero-order valence-corrected chi connectivity index (χ0v) is 12.0. The third-order valence-corrected chi connectivity index (χ3v) is 3.43. The van der Waals surface area contributed by atoms with Crippen LogP contribution in [0.15, 0.2) is 36.4 Å². The van der Waals surface area contributed by atoms with Crippen molar-refractivity contribution in [2.45, 2.75) is 26.7 Å². The summed E-state index contributed by atoms with van der Waals surface area (Å²) >= 11 is 0. The summed E-state index contributed by atoms with van der Waals surface area (Å²) in [5.74, 6) is -0.171. The molecule has 0 heterocycles. The molecule has 0 fully saturated rings. The molecule has 0 aliphatic carbocycles. The van der Waals surface area contributed by atoms with Gasteiger partial charge in [0.1, 0.15) is 0 Å². The molecule has 2 rings (SSSR count). The number of carboxylic acids is 1. The maximum atomic E-state index is 11.2. The highest BCUT2D eigenvalue weighted by molar-refractivity contribution is 6.07. The lowest BCUT2D eigenvalue weighted by atomic mass is 10.0. The maximum Gasteiger partial charge on any atom is 0.336 e. The van der Waals surface area contributed by atoms with Crippen molar-refractivity contribution in [3.05, 3.63) is 42.0 Å². The Morgan fingerprint density at radius 1 is 1.15 bits per heavy atom.